The first-order valence-electron chi connectivity index (χ1n) is 7.99. The van der Waals surface area contributed by atoms with Crippen molar-refractivity contribution in [3.05, 3.63) is 54.1 Å². The highest BCUT2D eigenvalue weighted by atomic mass is 16.5. The third-order valence-corrected chi connectivity index (χ3v) is 3.83. The van der Waals surface area contributed by atoms with E-state index in [0.29, 0.717) is 11.3 Å². The van der Waals surface area contributed by atoms with Crippen molar-refractivity contribution in [3.8, 4) is 22.9 Å². The third kappa shape index (κ3) is 3.46. The highest BCUT2D eigenvalue weighted by molar-refractivity contribution is 5.59. The fourth-order valence-electron chi connectivity index (χ4n) is 2.60. The normalized spacial score (nSPS) is 11.0. The van der Waals surface area contributed by atoms with Gasteiger partial charge >= 0.3 is 0 Å². The number of aliphatic hydroxyl groups excluding tert-OH is 1. The molecule has 0 atom stereocenters. The Kier molecular flexibility index (Phi) is 4.95. The van der Waals surface area contributed by atoms with Crippen molar-refractivity contribution < 1.29 is 14.9 Å². The second-order valence-electron chi connectivity index (χ2n) is 5.85. The zero-order valence-electron chi connectivity index (χ0n) is 14.1. The smallest absolute Gasteiger partial charge is 0.147 e. The molecule has 0 aliphatic carbocycles. The van der Waals surface area contributed by atoms with Crippen LogP contribution >= 0.6 is 0 Å². The molecular formula is C18H20N4O3. The minimum absolute atomic E-state index is 0.0932. The van der Waals surface area contributed by atoms with Crippen molar-refractivity contribution in [1.29, 1.82) is 0 Å². The molecule has 3 aromatic rings. The van der Waals surface area contributed by atoms with Crippen LogP contribution in [0.4, 0.5) is 0 Å². The number of rotatable bonds is 6. The Bertz CT molecular complexity index is 861. The first-order valence-corrected chi connectivity index (χ1v) is 7.99. The van der Waals surface area contributed by atoms with E-state index >= 15 is 0 Å². The standard InChI is InChI=1S/C18H20N4O3/c1-12(2)22-15(5-7-21-22)18-13(4-3-6-20-18)11-25-17-9-19-8-16(24)14(17)10-23/h3-9,12,23-24H,10-11H2,1-2H3. The van der Waals surface area contributed by atoms with Crippen LogP contribution in [0.1, 0.15) is 31.0 Å². The van der Waals surface area contributed by atoms with Gasteiger partial charge in [-0.3, -0.25) is 14.6 Å². The summed E-state index contributed by atoms with van der Waals surface area (Å²) in [6.07, 6.45) is 6.22. The van der Waals surface area contributed by atoms with Crippen molar-refractivity contribution in [1.82, 2.24) is 19.7 Å². The van der Waals surface area contributed by atoms with E-state index in [1.807, 2.05) is 22.9 Å². The Labute approximate surface area is 145 Å². The molecule has 0 aromatic carbocycles. The van der Waals surface area contributed by atoms with Crippen molar-refractivity contribution in [3.63, 3.8) is 0 Å². The van der Waals surface area contributed by atoms with Gasteiger partial charge < -0.3 is 14.9 Å². The molecule has 7 nitrogen and oxygen atoms in total. The van der Waals surface area contributed by atoms with Crippen molar-refractivity contribution >= 4 is 0 Å². The predicted octanol–water partition coefficient (Wildman–Crippen LogP) is 2.70. The van der Waals surface area contributed by atoms with Gasteiger partial charge in [0.1, 0.15) is 18.1 Å². The molecule has 0 aliphatic heterocycles. The Morgan fingerprint density at radius 2 is 2.04 bits per heavy atom. The zero-order chi connectivity index (χ0) is 17.8. The lowest BCUT2D eigenvalue weighted by Gasteiger charge is -2.15. The molecule has 0 saturated carbocycles. The van der Waals surface area contributed by atoms with Crippen LogP contribution in [0, 0.1) is 0 Å². The lowest BCUT2D eigenvalue weighted by Crippen LogP contribution is -2.08. The first-order chi connectivity index (χ1) is 12.1. The van der Waals surface area contributed by atoms with Crippen molar-refractivity contribution in [2.24, 2.45) is 0 Å². The molecule has 0 spiro atoms. The molecule has 3 heterocycles. The van der Waals surface area contributed by atoms with Gasteiger partial charge in [-0.15, -0.1) is 0 Å². The summed E-state index contributed by atoms with van der Waals surface area (Å²) < 4.78 is 7.69. The number of nitrogens with zero attached hydrogens (tertiary/aromatic N) is 4. The van der Waals surface area contributed by atoms with Crippen LogP contribution in [0.15, 0.2) is 43.0 Å². The SMILES string of the molecule is CC(C)n1nccc1-c1ncccc1COc1cncc(O)c1CO. The predicted molar refractivity (Wildman–Crippen MR) is 92.0 cm³/mol. The number of aliphatic hydroxyl groups is 1. The minimum Gasteiger partial charge on any atom is -0.506 e. The summed E-state index contributed by atoms with van der Waals surface area (Å²) in [5.41, 5.74) is 2.88. The van der Waals surface area contributed by atoms with Crippen LogP contribution in [0.25, 0.3) is 11.4 Å². The largest absolute Gasteiger partial charge is 0.506 e. The van der Waals surface area contributed by atoms with E-state index in [4.69, 9.17) is 4.74 Å². The molecule has 0 saturated heterocycles. The minimum atomic E-state index is -0.330. The molecule has 2 N–H and O–H groups in total. The van der Waals surface area contributed by atoms with E-state index in [-0.39, 0.29) is 25.0 Å². The molecule has 130 valence electrons. The van der Waals surface area contributed by atoms with Gasteiger partial charge in [0.2, 0.25) is 0 Å². The second-order valence-corrected chi connectivity index (χ2v) is 5.85. The number of ether oxygens (including phenoxy) is 1. The van der Waals surface area contributed by atoms with E-state index < -0.39 is 0 Å². The Hall–Kier alpha value is -2.93. The molecule has 0 fully saturated rings. The molecule has 7 heteroatoms. The lowest BCUT2D eigenvalue weighted by atomic mass is 10.1. The van der Waals surface area contributed by atoms with Gasteiger partial charge in [-0.1, -0.05) is 6.07 Å². The molecule has 0 aliphatic rings. The van der Waals surface area contributed by atoms with Gasteiger partial charge in [-0.2, -0.15) is 5.10 Å². The van der Waals surface area contributed by atoms with Crippen LogP contribution in [0.3, 0.4) is 0 Å². The van der Waals surface area contributed by atoms with Gasteiger partial charge in [-0.25, -0.2) is 0 Å². The Balaban J connectivity index is 1.90. The van der Waals surface area contributed by atoms with Gasteiger partial charge in [0.25, 0.3) is 0 Å². The fourth-order valence-corrected chi connectivity index (χ4v) is 2.60. The average Bonchev–Trinajstić information content (AvgIpc) is 3.10. The maximum atomic E-state index is 9.76. The van der Waals surface area contributed by atoms with Crippen molar-refractivity contribution in [2.45, 2.75) is 33.1 Å². The molecule has 0 bridgehead atoms. The molecule has 0 amide bonds. The Morgan fingerprint density at radius 3 is 2.80 bits per heavy atom. The molecule has 0 unspecified atom stereocenters. The van der Waals surface area contributed by atoms with E-state index in [9.17, 15) is 10.2 Å². The number of aromatic hydroxyl groups is 1. The van der Waals surface area contributed by atoms with Crippen LogP contribution < -0.4 is 4.74 Å². The average molecular weight is 340 g/mol. The van der Waals surface area contributed by atoms with Gasteiger partial charge in [-0.05, 0) is 26.0 Å². The summed E-state index contributed by atoms with van der Waals surface area (Å²) in [5, 5.41) is 23.5. The van der Waals surface area contributed by atoms with Crippen LogP contribution in [-0.2, 0) is 13.2 Å². The first kappa shape index (κ1) is 16.9. The van der Waals surface area contributed by atoms with Gasteiger partial charge in [0.15, 0.2) is 0 Å². The molecule has 0 radical (unpaired) electrons. The summed E-state index contributed by atoms with van der Waals surface area (Å²) in [4.78, 5) is 8.38. The number of hydrogen-bond donors (Lipinski definition) is 2. The Morgan fingerprint density at radius 1 is 1.20 bits per heavy atom. The molecule has 3 rings (SSSR count). The molecule has 25 heavy (non-hydrogen) atoms. The summed E-state index contributed by atoms with van der Waals surface area (Å²) in [7, 11) is 0. The number of pyridine rings is 2. The quantitative estimate of drug-likeness (QED) is 0.716. The van der Waals surface area contributed by atoms with Crippen LogP contribution in [0.2, 0.25) is 0 Å². The van der Waals surface area contributed by atoms with Gasteiger partial charge in [0.05, 0.1) is 36.0 Å². The fraction of sp³-hybridized carbons (Fsp3) is 0.278. The number of hydrogen-bond acceptors (Lipinski definition) is 6. The maximum absolute atomic E-state index is 9.76. The molecule has 3 aromatic heterocycles. The summed E-state index contributed by atoms with van der Waals surface area (Å²) in [6.45, 7) is 4.01. The highest BCUT2D eigenvalue weighted by Gasteiger charge is 2.15. The topological polar surface area (TPSA) is 93.3 Å². The van der Waals surface area contributed by atoms with E-state index in [1.54, 1.807) is 12.4 Å². The van der Waals surface area contributed by atoms with Crippen LogP contribution in [0.5, 0.6) is 11.5 Å². The lowest BCUT2D eigenvalue weighted by molar-refractivity contribution is 0.251. The monoisotopic (exact) mass is 340 g/mol. The van der Waals surface area contributed by atoms with E-state index in [2.05, 4.69) is 28.9 Å². The second kappa shape index (κ2) is 7.31. The van der Waals surface area contributed by atoms with Crippen LogP contribution in [-0.4, -0.2) is 30.0 Å². The van der Waals surface area contributed by atoms with E-state index in [1.165, 1.54) is 12.4 Å². The van der Waals surface area contributed by atoms with Crippen molar-refractivity contribution in [2.75, 3.05) is 0 Å². The van der Waals surface area contributed by atoms with E-state index in [0.717, 1.165) is 17.0 Å². The summed E-state index contributed by atoms with van der Waals surface area (Å²) in [5.74, 6) is 0.249. The third-order valence-electron chi connectivity index (χ3n) is 3.83. The summed E-state index contributed by atoms with van der Waals surface area (Å²) >= 11 is 0. The highest BCUT2D eigenvalue weighted by Crippen LogP contribution is 2.28. The number of aromatic nitrogens is 4. The zero-order valence-corrected chi connectivity index (χ0v) is 14.1. The van der Waals surface area contributed by atoms with Gasteiger partial charge in [0, 0.05) is 24.0 Å². The molecular weight excluding hydrogens is 320 g/mol. The maximum Gasteiger partial charge on any atom is 0.147 e. The summed E-state index contributed by atoms with van der Waals surface area (Å²) in [6, 6.07) is 5.89.